The van der Waals surface area contributed by atoms with E-state index in [-0.39, 0.29) is 11.7 Å². The number of fused-ring (bicyclic) bond motifs is 1. The zero-order valence-corrected chi connectivity index (χ0v) is 15.4. The van der Waals surface area contributed by atoms with Crippen molar-refractivity contribution in [3.05, 3.63) is 33.3 Å². The van der Waals surface area contributed by atoms with E-state index in [0.717, 1.165) is 24.8 Å². The average molecular weight is 379 g/mol. The van der Waals surface area contributed by atoms with Crippen LogP contribution in [0.1, 0.15) is 29.3 Å². The second-order valence-electron chi connectivity index (χ2n) is 5.70. The highest BCUT2D eigenvalue weighted by Crippen LogP contribution is 2.39. The number of amides is 1. The molecule has 0 spiro atoms. The molecule has 2 aromatic rings. The van der Waals surface area contributed by atoms with E-state index < -0.39 is 0 Å². The van der Waals surface area contributed by atoms with Crippen LogP contribution in [0.3, 0.4) is 0 Å². The Bertz CT molecular complexity index is 798. The second-order valence-corrected chi connectivity index (χ2v) is 8.19. The van der Waals surface area contributed by atoms with Gasteiger partial charge in [0.15, 0.2) is 5.15 Å². The van der Waals surface area contributed by atoms with Crippen molar-refractivity contribution in [1.29, 1.82) is 5.26 Å². The highest BCUT2D eigenvalue weighted by molar-refractivity contribution is 7.99. The molecule has 24 heavy (non-hydrogen) atoms. The maximum Gasteiger partial charge on any atom is 0.235 e. The van der Waals surface area contributed by atoms with Gasteiger partial charge in [-0.3, -0.25) is 4.79 Å². The fourth-order valence-electron chi connectivity index (χ4n) is 2.64. The molecule has 0 saturated carbocycles. The number of thioether (sulfide) groups is 1. The molecule has 2 aromatic heterocycles. The number of anilines is 1. The summed E-state index contributed by atoms with van der Waals surface area (Å²) in [6.07, 6.45) is 3.00. The molecule has 0 fully saturated rings. The number of hydrogen-bond donors (Lipinski definition) is 1. The Morgan fingerprint density at radius 1 is 1.54 bits per heavy atom. The van der Waals surface area contributed by atoms with Crippen molar-refractivity contribution in [3.63, 3.8) is 0 Å². The monoisotopic (exact) mass is 378 g/mol. The van der Waals surface area contributed by atoms with Crippen LogP contribution in [0.15, 0.2) is 17.2 Å². The summed E-state index contributed by atoms with van der Waals surface area (Å²) in [4.78, 5) is 13.4. The Hall–Kier alpha value is -1.62. The number of rotatable bonds is 4. The molecule has 1 aliphatic rings. The van der Waals surface area contributed by atoms with Gasteiger partial charge >= 0.3 is 0 Å². The van der Waals surface area contributed by atoms with Gasteiger partial charge in [-0.25, -0.2) is 0 Å². The maximum atomic E-state index is 12.2. The summed E-state index contributed by atoms with van der Waals surface area (Å²) in [7, 11) is 0. The van der Waals surface area contributed by atoms with Crippen molar-refractivity contribution in [1.82, 2.24) is 10.2 Å². The third-order valence-corrected chi connectivity index (χ3v) is 6.13. The van der Waals surface area contributed by atoms with Crippen molar-refractivity contribution in [2.45, 2.75) is 31.2 Å². The van der Waals surface area contributed by atoms with Gasteiger partial charge in [0.25, 0.3) is 0 Å². The van der Waals surface area contributed by atoms with E-state index in [1.807, 2.05) is 0 Å². The molecule has 1 N–H and O–H groups in total. The van der Waals surface area contributed by atoms with Gasteiger partial charge < -0.3 is 5.32 Å². The number of nitriles is 1. The smallest absolute Gasteiger partial charge is 0.235 e. The number of thiophene rings is 1. The Labute approximate surface area is 153 Å². The lowest BCUT2D eigenvalue weighted by Gasteiger charge is -2.17. The lowest BCUT2D eigenvalue weighted by molar-refractivity contribution is -0.113. The molecule has 8 heteroatoms. The van der Waals surface area contributed by atoms with E-state index in [0.29, 0.717) is 26.7 Å². The maximum absolute atomic E-state index is 12.2. The van der Waals surface area contributed by atoms with Crippen molar-refractivity contribution in [3.8, 4) is 6.07 Å². The van der Waals surface area contributed by atoms with Crippen LogP contribution in [-0.4, -0.2) is 21.9 Å². The number of nitrogens with zero attached hydrogens (tertiary/aromatic N) is 3. The quantitative estimate of drug-likeness (QED) is 0.815. The molecule has 0 aromatic carbocycles. The van der Waals surface area contributed by atoms with Gasteiger partial charge in [-0.1, -0.05) is 30.3 Å². The number of hydrogen-bond acceptors (Lipinski definition) is 6. The van der Waals surface area contributed by atoms with Crippen LogP contribution in [0.5, 0.6) is 0 Å². The first-order chi connectivity index (χ1) is 11.6. The summed E-state index contributed by atoms with van der Waals surface area (Å²) in [5, 5.41) is 21.6. The normalized spacial score (nSPS) is 16.3. The molecular weight excluding hydrogens is 364 g/mol. The fraction of sp³-hybridized carbons (Fsp3) is 0.375. The van der Waals surface area contributed by atoms with E-state index in [1.165, 1.54) is 28.0 Å². The van der Waals surface area contributed by atoms with Gasteiger partial charge in [0.05, 0.1) is 11.3 Å². The van der Waals surface area contributed by atoms with Crippen LogP contribution in [0.25, 0.3) is 0 Å². The largest absolute Gasteiger partial charge is 0.316 e. The van der Waals surface area contributed by atoms with Crippen LogP contribution < -0.4 is 5.32 Å². The van der Waals surface area contributed by atoms with Crippen LogP contribution in [-0.2, 0) is 17.6 Å². The van der Waals surface area contributed by atoms with E-state index in [2.05, 4.69) is 28.5 Å². The number of carbonyl (C=O) groups excluding carboxylic acids is 1. The first kappa shape index (κ1) is 17.2. The Morgan fingerprint density at radius 2 is 2.38 bits per heavy atom. The van der Waals surface area contributed by atoms with E-state index >= 15 is 0 Å². The van der Waals surface area contributed by atoms with Crippen LogP contribution in [0, 0.1) is 17.2 Å². The molecule has 0 saturated heterocycles. The predicted molar refractivity (Wildman–Crippen MR) is 96.6 cm³/mol. The van der Waals surface area contributed by atoms with Crippen LogP contribution in [0.4, 0.5) is 5.00 Å². The molecule has 124 valence electrons. The minimum atomic E-state index is -0.153. The molecule has 0 bridgehead atoms. The lowest BCUT2D eigenvalue weighted by atomic mass is 9.89. The molecular formula is C16H15ClN4OS2. The summed E-state index contributed by atoms with van der Waals surface area (Å²) < 4.78 is 0. The van der Waals surface area contributed by atoms with Crippen LogP contribution >= 0.6 is 34.7 Å². The van der Waals surface area contributed by atoms with Gasteiger partial charge in [-0.2, -0.15) is 5.26 Å². The molecule has 5 nitrogen and oxygen atoms in total. The van der Waals surface area contributed by atoms with Gasteiger partial charge in [-0.05, 0) is 42.9 Å². The first-order valence-electron chi connectivity index (χ1n) is 7.53. The van der Waals surface area contributed by atoms with E-state index in [4.69, 9.17) is 11.6 Å². The van der Waals surface area contributed by atoms with Gasteiger partial charge in [-0.15, -0.1) is 21.5 Å². The number of carbonyl (C=O) groups is 1. The summed E-state index contributed by atoms with van der Waals surface area (Å²) >= 11 is 8.50. The standard InChI is InChI=1S/C16H15ClN4OS2/c1-9-2-3-10-11(7-18)16(24-12(10)6-9)19-14(22)8-23-15-5-4-13(17)20-21-15/h4-5,9H,2-3,6,8H2,1H3,(H,19,22). The molecule has 2 heterocycles. The summed E-state index contributed by atoms with van der Waals surface area (Å²) in [6, 6.07) is 5.61. The number of halogens is 1. The Morgan fingerprint density at radius 3 is 3.08 bits per heavy atom. The van der Waals surface area contributed by atoms with Gasteiger partial charge in [0.1, 0.15) is 16.1 Å². The van der Waals surface area contributed by atoms with E-state index in [1.54, 1.807) is 12.1 Å². The molecule has 0 radical (unpaired) electrons. The van der Waals surface area contributed by atoms with Crippen molar-refractivity contribution in [2.75, 3.05) is 11.1 Å². The minimum absolute atomic E-state index is 0.153. The van der Waals surface area contributed by atoms with Crippen molar-refractivity contribution < 1.29 is 4.79 Å². The molecule has 1 amide bonds. The molecule has 1 atom stereocenters. The van der Waals surface area contributed by atoms with Crippen LogP contribution in [0.2, 0.25) is 5.15 Å². The molecule has 0 aliphatic heterocycles. The van der Waals surface area contributed by atoms with Crippen molar-refractivity contribution in [2.24, 2.45) is 5.92 Å². The second kappa shape index (κ2) is 7.51. The highest BCUT2D eigenvalue weighted by Gasteiger charge is 2.24. The zero-order valence-electron chi connectivity index (χ0n) is 13.0. The lowest BCUT2D eigenvalue weighted by Crippen LogP contribution is -2.14. The summed E-state index contributed by atoms with van der Waals surface area (Å²) in [5.74, 6) is 0.685. The minimum Gasteiger partial charge on any atom is -0.316 e. The first-order valence-corrected chi connectivity index (χ1v) is 9.71. The SMILES string of the molecule is CC1CCc2c(sc(NC(=O)CSc3ccc(Cl)nn3)c2C#N)C1. The predicted octanol–water partition coefficient (Wildman–Crippen LogP) is 3.92. The topological polar surface area (TPSA) is 78.7 Å². The number of aromatic nitrogens is 2. The number of nitrogens with one attached hydrogen (secondary N) is 1. The average Bonchev–Trinajstić information content (AvgIpc) is 2.90. The Kier molecular flexibility index (Phi) is 5.39. The van der Waals surface area contributed by atoms with Gasteiger partial charge in [0, 0.05) is 4.88 Å². The fourth-order valence-corrected chi connectivity index (χ4v) is 4.73. The molecule has 1 aliphatic carbocycles. The highest BCUT2D eigenvalue weighted by atomic mass is 35.5. The van der Waals surface area contributed by atoms with Crippen molar-refractivity contribution >= 4 is 45.6 Å². The summed E-state index contributed by atoms with van der Waals surface area (Å²) in [6.45, 7) is 2.22. The Balaban J connectivity index is 1.66. The summed E-state index contributed by atoms with van der Waals surface area (Å²) in [5.41, 5.74) is 1.75. The van der Waals surface area contributed by atoms with E-state index in [9.17, 15) is 10.1 Å². The molecule has 1 unspecified atom stereocenters. The van der Waals surface area contributed by atoms with Gasteiger partial charge in [0.2, 0.25) is 5.91 Å². The third-order valence-electron chi connectivity index (χ3n) is 3.84. The molecule has 3 rings (SSSR count). The third kappa shape index (κ3) is 3.89. The zero-order chi connectivity index (χ0) is 17.1.